The summed E-state index contributed by atoms with van der Waals surface area (Å²) in [5, 5.41) is 12.1. The molecule has 104 valence electrons. The van der Waals surface area contributed by atoms with E-state index in [0.717, 1.165) is 16.9 Å². The maximum absolute atomic E-state index is 8.90. The fourth-order valence-corrected chi connectivity index (χ4v) is 2.26. The van der Waals surface area contributed by atoms with Crippen LogP contribution in [0.5, 0.6) is 5.75 Å². The molecule has 0 fully saturated rings. The summed E-state index contributed by atoms with van der Waals surface area (Å²) < 4.78 is 5.86. The summed E-state index contributed by atoms with van der Waals surface area (Å²) >= 11 is 0. The predicted octanol–water partition coefficient (Wildman–Crippen LogP) is 4.08. The van der Waals surface area contributed by atoms with Gasteiger partial charge in [0.05, 0.1) is 5.71 Å². The highest BCUT2D eigenvalue weighted by atomic mass is 16.5. The average molecular weight is 269 g/mol. The lowest BCUT2D eigenvalue weighted by molar-refractivity contribution is 0.303. The summed E-state index contributed by atoms with van der Waals surface area (Å²) in [5.41, 5.74) is 4.94. The number of benzene rings is 2. The second-order valence-electron chi connectivity index (χ2n) is 4.97. The zero-order valence-corrected chi connectivity index (χ0v) is 12.1. The first kappa shape index (κ1) is 14.1. The zero-order chi connectivity index (χ0) is 14.5. The second kappa shape index (κ2) is 6.24. The summed E-state index contributed by atoms with van der Waals surface area (Å²) in [5.74, 6) is 0.724. The van der Waals surface area contributed by atoms with Crippen LogP contribution < -0.4 is 4.74 Å². The van der Waals surface area contributed by atoms with Crippen molar-refractivity contribution in [3.05, 3.63) is 64.7 Å². The Bertz CT molecular complexity index is 612. The van der Waals surface area contributed by atoms with Crippen molar-refractivity contribution in [3.63, 3.8) is 0 Å². The van der Waals surface area contributed by atoms with Gasteiger partial charge in [0, 0.05) is 5.56 Å². The number of hydrogen-bond acceptors (Lipinski definition) is 3. The van der Waals surface area contributed by atoms with Gasteiger partial charge in [0.2, 0.25) is 0 Å². The Morgan fingerprint density at radius 1 is 1.10 bits per heavy atom. The maximum atomic E-state index is 8.90. The van der Waals surface area contributed by atoms with Crippen LogP contribution in [0.1, 0.15) is 29.2 Å². The van der Waals surface area contributed by atoms with Crippen LogP contribution in [0.3, 0.4) is 0 Å². The van der Waals surface area contributed by atoms with E-state index < -0.39 is 0 Å². The van der Waals surface area contributed by atoms with Gasteiger partial charge in [0.1, 0.15) is 12.4 Å². The number of hydrogen-bond donors (Lipinski definition) is 1. The van der Waals surface area contributed by atoms with Gasteiger partial charge in [-0.3, -0.25) is 0 Å². The molecule has 3 heteroatoms. The molecule has 0 aliphatic rings. The summed E-state index contributed by atoms with van der Waals surface area (Å²) in [6.45, 7) is 6.40. The third kappa shape index (κ3) is 3.38. The molecule has 2 aromatic rings. The topological polar surface area (TPSA) is 41.8 Å². The predicted molar refractivity (Wildman–Crippen MR) is 80.7 cm³/mol. The van der Waals surface area contributed by atoms with Gasteiger partial charge in [-0.05, 0) is 38.5 Å². The van der Waals surface area contributed by atoms with Gasteiger partial charge in [-0.2, -0.15) is 0 Å². The van der Waals surface area contributed by atoms with Crippen LogP contribution in [-0.4, -0.2) is 10.9 Å². The van der Waals surface area contributed by atoms with Gasteiger partial charge in [-0.1, -0.05) is 46.6 Å². The molecule has 0 spiro atoms. The Morgan fingerprint density at radius 3 is 2.40 bits per heavy atom. The Morgan fingerprint density at radius 2 is 1.75 bits per heavy atom. The van der Waals surface area contributed by atoms with Crippen LogP contribution in [0.25, 0.3) is 0 Å². The van der Waals surface area contributed by atoms with E-state index in [0.29, 0.717) is 12.3 Å². The van der Waals surface area contributed by atoms with E-state index >= 15 is 0 Å². The zero-order valence-electron chi connectivity index (χ0n) is 12.1. The van der Waals surface area contributed by atoms with Gasteiger partial charge in [0.15, 0.2) is 0 Å². The van der Waals surface area contributed by atoms with E-state index in [9.17, 15) is 0 Å². The molecular formula is C17H19NO2. The molecule has 0 heterocycles. The van der Waals surface area contributed by atoms with Crippen LogP contribution in [-0.2, 0) is 6.61 Å². The Hall–Kier alpha value is -2.29. The molecule has 0 bridgehead atoms. The molecule has 0 atom stereocenters. The van der Waals surface area contributed by atoms with E-state index in [-0.39, 0.29) is 0 Å². The minimum absolute atomic E-state index is 0.498. The summed E-state index contributed by atoms with van der Waals surface area (Å²) in [7, 11) is 0. The molecule has 0 amide bonds. The minimum atomic E-state index is 0.498. The molecule has 1 N–H and O–H groups in total. The molecule has 0 unspecified atom stereocenters. The van der Waals surface area contributed by atoms with Crippen molar-refractivity contribution < 1.29 is 9.94 Å². The summed E-state index contributed by atoms with van der Waals surface area (Å²) in [6, 6.07) is 13.9. The lowest BCUT2D eigenvalue weighted by Crippen LogP contribution is -2.02. The SMILES string of the molecule is CC(=NO)c1ccccc1OCc1cc(C)cc(C)c1. The average Bonchev–Trinajstić information content (AvgIpc) is 2.43. The number of oxime groups is 1. The van der Waals surface area contributed by atoms with E-state index in [4.69, 9.17) is 9.94 Å². The Balaban J connectivity index is 2.19. The van der Waals surface area contributed by atoms with Gasteiger partial charge >= 0.3 is 0 Å². The van der Waals surface area contributed by atoms with Crippen molar-refractivity contribution in [2.75, 3.05) is 0 Å². The van der Waals surface area contributed by atoms with Gasteiger partial charge in [0.25, 0.3) is 0 Å². The molecule has 0 saturated carbocycles. The van der Waals surface area contributed by atoms with E-state index in [1.165, 1.54) is 11.1 Å². The monoisotopic (exact) mass is 269 g/mol. The molecule has 2 aromatic carbocycles. The van der Waals surface area contributed by atoms with Crippen molar-refractivity contribution in [3.8, 4) is 5.75 Å². The molecule has 20 heavy (non-hydrogen) atoms. The van der Waals surface area contributed by atoms with Crippen molar-refractivity contribution in [1.29, 1.82) is 0 Å². The Kier molecular flexibility index (Phi) is 4.41. The lowest BCUT2D eigenvalue weighted by Gasteiger charge is -2.11. The smallest absolute Gasteiger partial charge is 0.128 e. The molecular weight excluding hydrogens is 250 g/mol. The largest absolute Gasteiger partial charge is 0.488 e. The van der Waals surface area contributed by atoms with E-state index in [2.05, 4.69) is 37.2 Å². The van der Waals surface area contributed by atoms with Crippen LogP contribution in [0.15, 0.2) is 47.6 Å². The summed E-state index contributed by atoms with van der Waals surface area (Å²) in [6.07, 6.45) is 0. The fraction of sp³-hybridized carbons (Fsp3) is 0.235. The quantitative estimate of drug-likeness (QED) is 0.516. The van der Waals surface area contributed by atoms with Gasteiger partial charge in [-0.15, -0.1) is 0 Å². The van der Waals surface area contributed by atoms with Crippen molar-refractivity contribution >= 4 is 5.71 Å². The highest BCUT2D eigenvalue weighted by Gasteiger charge is 2.07. The molecule has 3 nitrogen and oxygen atoms in total. The van der Waals surface area contributed by atoms with Crippen LogP contribution >= 0.6 is 0 Å². The number of nitrogens with zero attached hydrogens (tertiary/aromatic N) is 1. The van der Waals surface area contributed by atoms with Crippen LogP contribution in [0, 0.1) is 13.8 Å². The number of rotatable bonds is 4. The van der Waals surface area contributed by atoms with E-state index in [1.807, 2.05) is 24.3 Å². The van der Waals surface area contributed by atoms with Gasteiger partial charge in [-0.25, -0.2) is 0 Å². The highest BCUT2D eigenvalue weighted by Crippen LogP contribution is 2.20. The van der Waals surface area contributed by atoms with Gasteiger partial charge < -0.3 is 9.94 Å². The van der Waals surface area contributed by atoms with Crippen molar-refractivity contribution in [1.82, 2.24) is 0 Å². The second-order valence-corrected chi connectivity index (χ2v) is 4.97. The first-order valence-electron chi connectivity index (χ1n) is 6.58. The molecule has 0 aliphatic carbocycles. The third-order valence-corrected chi connectivity index (χ3v) is 3.10. The number of aryl methyl sites for hydroxylation is 2. The first-order chi connectivity index (χ1) is 9.60. The molecule has 0 radical (unpaired) electrons. The fourth-order valence-electron chi connectivity index (χ4n) is 2.26. The minimum Gasteiger partial charge on any atom is -0.488 e. The maximum Gasteiger partial charge on any atom is 0.128 e. The third-order valence-electron chi connectivity index (χ3n) is 3.10. The van der Waals surface area contributed by atoms with Crippen molar-refractivity contribution in [2.24, 2.45) is 5.16 Å². The Labute approximate surface area is 119 Å². The van der Waals surface area contributed by atoms with Crippen molar-refractivity contribution in [2.45, 2.75) is 27.4 Å². The van der Waals surface area contributed by atoms with Crippen LogP contribution in [0.2, 0.25) is 0 Å². The first-order valence-corrected chi connectivity index (χ1v) is 6.58. The molecule has 0 saturated heterocycles. The normalized spacial score (nSPS) is 11.4. The standard InChI is InChI=1S/C17H19NO2/c1-12-8-13(2)10-15(9-12)11-20-17-7-5-4-6-16(17)14(3)18-19/h4-10,19H,11H2,1-3H3. The number of para-hydroxylation sites is 1. The number of ether oxygens (including phenoxy) is 1. The van der Waals surface area contributed by atoms with E-state index in [1.54, 1.807) is 6.92 Å². The van der Waals surface area contributed by atoms with Crippen LogP contribution in [0.4, 0.5) is 0 Å². The molecule has 0 aliphatic heterocycles. The lowest BCUT2D eigenvalue weighted by atomic mass is 10.1. The summed E-state index contributed by atoms with van der Waals surface area (Å²) in [4.78, 5) is 0. The molecule has 0 aromatic heterocycles. The molecule has 2 rings (SSSR count). The highest BCUT2D eigenvalue weighted by molar-refractivity contribution is 6.00.